The summed E-state index contributed by atoms with van der Waals surface area (Å²) in [5, 5.41) is 1.12. The van der Waals surface area contributed by atoms with E-state index in [1.54, 1.807) is 24.4 Å². The van der Waals surface area contributed by atoms with Crippen LogP contribution in [0.5, 0.6) is 0 Å². The third-order valence-electron chi connectivity index (χ3n) is 1.64. The minimum absolute atomic E-state index is 0.559. The fourth-order valence-electron chi connectivity index (χ4n) is 1.07. The Bertz CT molecular complexity index is 391. The van der Waals surface area contributed by atoms with Crippen LogP contribution in [-0.2, 0) is 0 Å². The molecule has 2 nitrogen and oxygen atoms in total. The Balaban J connectivity index is 2.64. The molecule has 0 saturated heterocycles. The molecule has 0 saturated carbocycles. The predicted octanol–water partition coefficient (Wildman–Crippen LogP) is 3.65. The predicted molar refractivity (Wildman–Crippen MR) is 52.0 cm³/mol. The Morgan fingerprint density at radius 1 is 1.15 bits per heavy atom. The standard InChI is InChI=1S/C9H5Cl2NO/c10-6-2-1-3-7(11)9(6)8-4-12-5-13-8/h1-5H. The van der Waals surface area contributed by atoms with Crippen LogP contribution in [0.15, 0.2) is 35.2 Å². The van der Waals surface area contributed by atoms with Gasteiger partial charge in [-0.1, -0.05) is 29.3 Å². The molecule has 2 rings (SSSR count). The number of benzene rings is 1. The molecule has 66 valence electrons. The number of hydrogen-bond donors (Lipinski definition) is 0. The van der Waals surface area contributed by atoms with Crippen molar-refractivity contribution < 1.29 is 4.42 Å². The van der Waals surface area contributed by atoms with Crippen molar-refractivity contribution in [1.29, 1.82) is 0 Å². The minimum atomic E-state index is 0.559. The molecular formula is C9H5Cl2NO. The third kappa shape index (κ3) is 1.55. The van der Waals surface area contributed by atoms with Crippen LogP contribution in [0.2, 0.25) is 10.0 Å². The van der Waals surface area contributed by atoms with Crippen molar-refractivity contribution in [3.8, 4) is 11.3 Å². The van der Waals surface area contributed by atoms with Crippen LogP contribution in [0.4, 0.5) is 0 Å². The molecule has 0 spiro atoms. The molecule has 4 heteroatoms. The maximum absolute atomic E-state index is 5.95. The highest BCUT2D eigenvalue weighted by Gasteiger charge is 2.10. The van der Waals surface area contributed by atoms with E-state index >= 15 is 0 Å². The van der Waals surface area contributed by atoms with E-state index in [9.17, 15) is 0 Å². The normalized spacial score (nSPS) is 10.3. The molecule has 0 fully saturated rings. The number of aromatic nitrogens is 1. The van der Waals surface area contributed by atoms with Crippen LogP contribution >= 0.6 is 23.2 Å². The second kappa shape index (κ2) is 3.40. The zero-order valence-electron chi connectivity index (χ0n) is 6.50. The van der Waals surface area contributed by atoms with Crippen molar-refractivity contribution in [3.63, 3.8) is 0 Å². The number of halogens is 2. The maximum Gasteiger partial charge on any atom is 0.181 e. The van der Waals surface area contributed by atoms with Crippen molar-refractivity contribution in [2.45, 2.75) is 0 Å². The monoisotopic (exact) mass is 213 g/mol. The van der Waals surface area contributed by atoms with Gasteiger partial charge in [0.25, 0.3) is 0 Å². The van der Waals surface area contributed by atoms with Crippen molar-refractivity contribution in [2.24, 2.45) is 0 Å². The molecule has 0 atom stereocenters. The van der Waals surface area contributed by atoms with Crippen LogP contribution < -0.4 is 0 Å². The van der Waals surface area contributed by atoms with Gasteiger partial charge in [-0.15, -0.1) is 0 Å². The van der Waals surface area contributed by atoms with E-state index < -0.39 is 0 Å². The van der Waals surface area contributed by atoms with E-state index in [-0.39, 0.29) is 0 Å². The van der Waals surface area contributed by atoms with Gasteiger partial charge in [-0.05, 0) is 12.1 Å². The SMILES string of the molecule is Clc1cccc(Cl)c1-c1cnco1. The second-order valence-corrected chi connectivity index (χ2v) is 3.28. The van der Waals surface area contributed by atoms with Gasteiger partial charge in [-0.3, -0.25) is 0 Å². The number of rotatable bonds is 1. The van der Waals surface area contributed by atoms with E-state index in [1.165, 1.54) is 6.39 Å². The van der Waals surface area contributed by atoms with Gasteiger partial charge >= 0.3 is 0 Å². The Kier molecular flexibility index (Phi) is 2.25. The van der Waals surface area contributed by atoms with Gasteiger partial charge < -0.3 is 4.42 Å². The van der Waals surface area contributed by atoms with Crippen molar-refractivity contribution in [1.82, 2.24) is 4.98 Å². The highest BCUT2D eigenvalue weighted by atomic mass is 35.5. The highest BCUT2D eigenvalue weighted by molar-refractivity contribution is 6.39. The van der Waals surface area contributed by atoms with Crippen LogP contribution in [0.25, 0.3) is 11.3 Å². The Labute approximate surface area is 85.1 Å². The minimum Gasteiger partial charge on any atom is -0.443 e. The summed E-state index contributed by atoms with van der Waals surface area (Å²) in [6, 6.07) is 5.29. The molecule has 0 bridgehead atoms. The topological polar surface area (TPSA) is 26.0 Å². The molecule has 0 N–H and O–H groups in total. The van der Waals surface area contributed by atoms with Crippen LogP contribution in [0, 0.1) is 0 Å². The maximum atomic E-state index is 5.95. The summed E-state index contributed by atoms with van der Waals surface area (Å²) in [5.41, 5.74) is 0.684. The summed E-state index contributed by atoms with van der Waals surface area (Å²) in [5.74, 6) is 0.579. The Hall–Kier alpha value is -0.990. The van der Waals surface area contributed by atoms with Crippen LogP contribution in [0.3, 0.4) is 0 Å². The van der Waals surface area contributed by atoms with Gasteiger partial charge in [0.05, 0.1) is 21.8 Å². The molecule has 0 amide bonds. The lowest BCUT2D eigenvalue weighted by molar-refractivity contribution is 0.572. The molecular weight excluding hydrogens is 209 g/mol. The molecule has 0 aliphatic carbocycles. The van der Waals surface area contributed by atoms with Crippen molar-refractivity contribution in [2.75, 3.05) is 0 Å². The summed E-state index contributed by atoms with van der Waals surface area (Å²) < 4.78 is 5.10. The molecule has 2 aromatic rings. The molecule has 1 aromatic carbocycles. The van der Waals surface area contributed by atoms with Gasteiger partial charge in [0, 0.05) is 0 Å². The molecule has 0 aliphatic heterocycles. The quantitative estimate of drug-likeness (QED) is 0.723. The van der Waals surface area contributed by atoms with Gasteiger partial charge in [-0.25, -0.2) is 4.98 Å². The largest absolute Gasteiger partial charge is 0.443 e. The lowest BCUT2D eigenvalue weighted by Crippen LogP contribution is -1.77. The zero-order chi connectivity index (χ0) is 9.26. The summed E-state index contributed by atoms with van der Waals surface area (Å²) in [4.78, 5) is 3.80. The highest BCUT2D eigenvalue weighted by Crippen LogP contribution is 2.33. The first-order valence-corrected chi connectivity index (χ1v) is 4.37. The Morgan fingerprint density at radius 3 is 2.38 bits per heavy atom. The summed E-state index contributed by atoms with van der Waals surface area (Å²) in [6.45, 7) is 0. The molecule has 0 radical (unpaired) electrons. The first kappa shape index (κ1) is 8.60. The number of hydrogen-bond acceptors (Lipinski definition) is 2. The average Bonchev–Trinajstić information content (AvgIpc) is 2.57. The van der Waals surface area contributed by atoms with Gasteiger partial charge in [0.2, 0.25) is 0 Å². The lowest BCUT2D eigenvalue weighted by Gasteiger charge is -2.01. The molecule has 0 unspecified atom stereocenters. The first-order valence-electron chi connectivity index (χ1n) is 3.62. The van der Waals surface area contributed by atoms with Crippen LogP contribution in [0.1, 0.15) is 0 Å². The van der Waals surface area contributed by atoms with E-state index in [0.717, 1.165) is 0 Å². The van der Waals surface area contributed by atoms with Crippen molar-refractivity contribution in [3.05, 3.63) is 40.8 Å². The van der Waals surface area contributed by atoms with E-state index in [1.807, 2.05) is 0 Å². The third-order valence-corrected chi connectivity index (χ3v) is 2.27. The fourth-order valence-corrected chi connectivity index (χ4v) is 1.66. The first-order chi connectivity index (χ1) is 6.29. The second-order valence-electron chi connectivity index (χ2n) is 2.46. The van der Waals surface area contributed by atoms with Crippen molar-refractivity contribution >= 4 is 23.2 Å². The number of nitrogens with zero attached hydrogens (tertiary/aromatic N) is 1. The smallest absolute Gasteiger partial charge is 0.181 e. The molecule has 1 aromatic heterocycles. The van der Waals surface area contributed by atoms with Crippen LogP contribution in [-0.4, -0.2) is 4.98 Å². The summed E-state index contributed by atoms with van der Waals surface area (Å²) >= 11 is 11.9. The molecule has 13 heavy (non-hydrogen) atoms. The van der Waals surface area contributed by atoms with Gasteiger partial charge in [0.1, 0.15) is 0 Å². The van der Waals surface area contributed by atoms with E-state index in [2.05, 4.69) is 4.98 Å². The summed E-state index contributed by atoms with van der Waals surface area (Å²) in [7, 11) is 0. The Morgan fingerprint density at radius 2 is 1.85 bits per heavy atom. The average molecular weight is 214 g/mol. The fraction of sp³-hybridized carbons (Fsp3) is 0. The van der Waals surface area contributed by atoms with E-state index in [0.29, 0.717) is 21.4 Å². The summed E-state index contributed by atoms with van der Waals surface area (Å²) in [6.07, 6.45) is 2.92. The molecule has 0 aliphatic rings. The molecule has 1 heterocycles. The van der Waals surface area contributed by atoms with Gasteiger partial charge in [-0.2, -0.15) is 0 Å². The van der Waals surface area contributed by atoms with E-state index in [4.69, 9.17) is 27.6 Å². The lowest BCUT2D eigenvalue weighted by atomic mass is 10.2. The zero-order valence-corrected chi connectivity index (χ0v) is 8.01. The van der Waals surface area contributed by atoms with Gasteiger partial charge in [0.15, 0.2) is 12.2 Å². The number of oxazole rings is 1.